The summed E-state index contributed by atoms with van der Waals surface area (Å²) in [5.74, 6) is 0. The number of hydrogen-bond donors (Lipinski definition) is 0. The molecule has 0 atom stereocenters. The van der Waals surface area contributed by atoms with Crippen LogP contribution in [0.4, 0.5) is 0 Å². The number of hydrogen-bond acceptors (Lipinski definition) is 0. The van der Waals surface area contributed by atoms with Gasteiger partial charge < -0.3 is 0 Å². The van der Waals surface area contributed by atoms with Crippen molar-refractivity contribution in [1.82, 2.24) is 0 Å². The Bertz CT molecular complexity index is 144. The van der Waals surface area contributed by atoms with Gasteiger partial charge in [-0.05, 0) is 10.1 Å². The van der Waals surface area contributed by atoms with E-state index in [1.165, 1.54) is 0 Å². The molecule has 1 aliphatic rings. The first kappa shape index (κ1) is 5.51. The van der Waals surface area contributed by atoms with E-state index in [4.69, 9.17) is 11.6 Å². The van der Waals surface area contributed by atoms with Crippen LogP contribution in [-0.4, -0.2) is 4.01 Å². The molecule has 0 saturated carbocycles. The van der Waals surface area contributed by atoms with Gasteiger partial charge in [0.15, 0.2) is 0 Å². The van der Waals surface area contributed by atoms with Gasteiger partial charge in [-0.2, -0.15) is 0 Å². The Morgan fingerprint density at radius 2 is 2.29 bits per heavy atom. The standard InChI is InChI=1S/C5H4ClI/c6-5-3-1-2-4-7-5/h1-4H. The van der Waals surface area contributed by atoms with Crippen LogP contribution in [0.3, 0.4) is 0 Å². The van der Waals surface area contributed by atoms with E-state index in [1.54, 1.807) is 0 Å². The second-order valence-electron chi connectivity index (χ2n) is 1.08. The van der Waals surface area contributed by atoms with Crippen molar-refractivity contribution in [2.45, 2.75) is 0 Å². The number of rotatable bonds is 0. The Morgan fingerprint density at radius 1 is 1.43 bits per heavy atom. The van der Waals surface area contributed by atoms with Crippen molar-refractivity contribution in [2.24, 2.45) is 0 Å². The predicted octanol–water partition coefficient (Wildman–Crippen LogP) is 2.41. The molecule has 0 unspecified atom stereocenters. The van der Waals surface area contributed by atoms with Crippen molar-refractivity contribution in [3.63, 3.8) is 0 Å². The Kier molecular flexibility index (Phi) is 2.06. The molecule has 0 N–H and O–H groups in total. The van der Waals surface area contributed by atoms with Crippen molar-refractivity contribution in [2.75, 3.05) is 0 Å². The maximum atomic E-state index is 5.64. The molecule has 0 radical (unpaired) electrons. The molecule has 7 heavy (non-hydrogen) atoms. The number of halogens is 2. The van der Waals surface area contributed by atoms with Crippen LogP contribution in [0.5, 0.6) is 0 Å². The topological polar surface area (TPSA) is 0 Å². The zero-order valence-electron chi connectivity index (χ0n) is 3.57. The summed E-state index contributed by atoms with van der Waals surface area (Å²) in [6.45, 7) is 0. The van der Waals surface area contributed by atoms with Gasteiger partial charge in [0.1, 0.15) is 0 Å². The molecule has 0 spiro atoms. The Labute approximate surface area is 57.6 Å². The normalized spacial score (nSPS) is 18.1. The summed E-state index contributed by atoms with van der Waals surface area (Å²) in [6.07, 6.45) is 5.96. The van der Waals surface area contributed by atoms with Gasteiger partial charge in [-0.1, -0.05) is 44.5 Å². The van der Waals surface area contributed by atoms with Crippen LogP contribution < -0.4 is 0 Å². The lowest BCUT2D eigenvalue weighted by atomic mass is 10.5. The zero-order chi connectivity index (χ0) is 5.11. The van der Waals surface area contributed by atoms with E-state index in [0.29, 0.717) is 0 Å². The monoisotopic (exact) mass is 226 g/mol. The van der Waals surface area contributed by atoms with Gasteiger partial charge in [-0.25, -0.2) is 0 Å². The summed E-state index contributed by atoms with van der Waals surface area (Å²) in [4.78, 5) is 0. The lowest BCUT2D eigenvalue weighted by Crippen LogP contribution is -1.62. The van der Waals surface area contributed by atoms with Crippen molar-refractivity contribution in [3.8, 4) is 0 Å². The third kappa shape index (κ3) is 1.74. The van der Waals surface area contributed by atoms with Crippen LogP contribution >= 0.6 is 32.3 Å². The molecule has 38 valence electrons. The van der Waals surface area contributed by atoms with E-state index < -0.39 is 0 Å². The molecule has 0 amide bonds. The Morgan fingerprint density at radius 3 is 2.57 bits per heavy atom. The molecule has 1 heterocycles. The molecule has 1 rings (SSSR count). The molecule has 2 heteroatoms. The van der Waals surface area contributed by atoms with Crippen LogP contribution in [0, 0.1) is 0 Å². The van der Waals surface area contributed by atoms with E-state index in [9.17, 15) is 0 Å². The fourth-order valence-corrected chi connectivity index (χ4v) is 1.90. The van der Waals surface area contributed by atoms with E-state index in [-0.39, 0.29) is 20.7 Å². The first-order chi connectivity index (χ1) is 3.39. The SMILES string of the molecule is ClC1=CC=CC=I1. The number of allylic oxidation sites excluding steroid dienone is 3. The van der Waals surface area contributed by atoms with Gasteiger partial charge in [0, 0.05) is 0 Å². The highest BCUT2D eigenvalue weighted by atomic mass is 127. The Balaban J connectivity index is 2.82. The van der Waals surface area contributed by atoms with Crippen LogP contribution in [0.2, 0.25) is 0 Å². The minimum absolute atomic E-state index is 0.0667. The van der Waals surface area contributed by atoms with Crippen LogP contribution in [0.25, 0.3) is 0 Å². The van der Waals surface area contributed by atoms with Crippen molar-refractivity contribution in [3.05, 3.63) is 21.3 Å². The largest absolute Gasteiger partial charge is 0.0776 e. The molecule has 0 nitrogen and oxygen atoms in total. The molecule has 0 saturated heterocycles. The summed E-state index contributed by atoms with van der Waals surface area (Å²) < 4.78 is 3.17. The van der Waals surface area contributed by atoms with Gasteiger partial charge >= 0.3 is 0 Å². The van der Waals surface area contributed by atoms with Crippen molar-refractivity contribution < 1.29 is 0 Å². The maximum Gasteiger partial charge on any atom is 0.0734 e. The van der Waals surface area contributed by atoms with Crippen LogP contribution in [0.15, 0.2) is 21.3 Å². The minimum Gasteiger partial charge on any atom is -0.0776 e. The smallest absolute Gasteiger partial charge is 0.0734 e. The molecule has 0 aromatic rings. The van der Waals surface area contributed by atoms with E-state index in [2.05, 4.69) is 4.01 Å². The molecular weight excluding hydrogens is 222 g/mol. The fraction of sp³-hybridized carbons (Fsp3) is 0. The van der Waals surface area contributed by atoms with Crippen molar-refractivity contribution >= 4 is 36.3 Å². The first-order valence-electron chi connectivity index (χ1n) is 1.88. The van der Waals surface area contributed by atoms with Gasteiger partial charge in [0.2, 0.25) is 0 Å². The van der Waals surface area contributed by atoms with E-state index in [1.807, 2.05) is 18.2 Å². The fourth-order valence-electron chi connectivity index (χ4n) is 0.303. The first-order valence-corrected chi connectivity index (χ1v) is 4.59. The van der Waals surface area contributed by atoms with Gasteiger partial charge in [-0.3, -0.25) is 0 Å². The average Bonchev–Trinajstić information content (AvgIpc) is 1.69. The molecule has 0 bridgehead atoms. The summed E-state index contributed by atoms with van der Waals surface area (Å²) >= 11 is 5.71. The third-order valence-electron chi connectivity index (χ3n) is 0.573. The van der Waals surface area contributed by atoms with Gasteiger partial charge in [0.05, 0.1) is 3.04 Å². The van der Waals surface area contributed by atoms with Crippen LogP contribution in [-0.2, 0) is 0 Å². The average molecular weight is 226 g/mol. The summed E-state index contributed by atoms with van der Waals surface area (Å²) in [5, 5.41) is 0. The second-order valence-corrected chi connectivity index (χ2v) is 4.63. The van der Waals surface area contributed by atoms with Crippen molar-refractivity contribution in [1.29, 1.82) is 0 Å². The van der Waals surface area contributed by atoms with Gasteiger partial charge in [-0.15, -0.1) is 0 Å². The highest BCUT2D eigenvalue weighted by Crippen LogP contribution is 2.19. The maximum absolute atomic E-state index is 5.64. The minimum atomic E-state index is 0.0667. The third-order valence-corrected chi connectivity index (χ3v) is 2.98. The molecule has 0 aliphatic carbocycles. The highest BCUT2D eigenvalue weighted by molar-refractivity contribution is 14.2. The van der Waals surface area contributed by atoms with E-state index >= 15 is 0 Å². The summed E-state index contributed by atoms with van der Waals surface area (Å²) in [5.41, 5.74) is 0. The molecular formula is C5H4ClI. The molecule has 1 aliphatic heterocycles. The molecule has 0 fully saturated rings. The highest BCUT2D eigenvalue weighted by Gasteiger charge is 1.82. The summed E-state index contributed by atoms with van der Waals surface area (Å²) in [7, 11) is 0. The Hall–Kier alpha value is 0.370. The second kappa shape index (κ2) is 2.62. The van der Waals surface area contributed by atoms with E-state index in [0.717, 1.165) is 3.04 Å². The van der Waals surface area contributed by atoms with Crippen LogP contribution in [0.1, 0.15) is 0 Å². The lowest BCUT2D eigenvalue weighted by molar-refractivity contribution is 2.06. The lowest BCUT2D eigenvalue weighted by Gasteiger charge is -1.85. The quantitative estimate of drug-likeness (QED) is 0.557. The van der Waals surface area contributed by atoms with Gasteiger partial charge in [0.25, 0.3) is 0 Å². The zero-order valence-corrected chi connectivity index (χ0v) is 6.48. The molecule has 0 aromatic heterocycles. The molecule has 0 aromatic carbocycles. The summed E-state index contributed by atoms with van der Waals surface area (Å²) in [6, 6.07) is 0. The predicted molar refractivity (Wildman–Crippen MR) is 43.2 cm³/mol.